The number of nitrogens with one attached hydrogen (secondary N) is 1. The smallest absolute Gasteiger partial charge is 0.0738 e. The molecule has 1 atom stereocenters. The maximum absolute atomic E-state index is 4.61. The van der Waals surface area contributed by atoms with Crippen molar-refractivity contribution in [1.29, 1.82) is 0 Å². The third kappa shape index (κ3) is 6.33. The van der Waals surface area contributed by atoms with E-state index >= 15 is 0 Å². The van der Waals surface area contributed by atoms with Gasteiger partial charge in [-0.15, -0.1) is 0 Å². The van der Waals surface area contributed by atoms with Crippen LogP contribution >= 0.6 is 27.7 Å². The number of hydrogen-bond donors (Lipinski definition) is 1. The zero-order valence-electron chi connectivity index (χ0n) is 14.3. The van der Waals surface area contributed by atoms with Gasteiger partial charge in [-0.2, -0.15) is 16.9 Å². The predicted molar refractivity (Wildman–Crippen MR) is 98.3 cm³/mol. The molecule has 0 radical (unpaired) electrons. The molecule has 0 saturated carbocycles. The Morgan fingerprint density at radius 2 is 2.00 bits per heavy atom. The quantitative estimate of drug-likeness (QED) is 0.729. The van der Waals surface area contributed by atoms with Crippen molar-refractivity contribution in [2.24, 2.45) is 0 Å². The van der Waals surface area contributed by atoms with E-state index in [-0.39, 0.29) is 0 Å². The first kappa shape index (κ1) is 19.0. The molecule has 0 aliphatic carbocycles. The van der Waals surface area contributed by atoms with Gasteiger partial charge >= 0.3 is 0 Å². The van der Waals surface area contributed by atoms with Gasteiger partial charge in [0.05, 0.1) is 15.9 Å². The Balaban J connectivity index is 2.80. The number of aromatic nitrogens is 2. The number of thioether (sulfide) groups is 1. The maximum atomic E-state index is 4.61. The number of aryl methyl sites for hydroxylation is 2. The van der Waals surface area contributed by atoms with E-state index in [1.54, 1.807) is 0 Å². The summed E-state index contributed by atoms with van der Waals surface area (Å²) in [4.78, 5) is 0. The van der Waals surface area contributed by atoms with Crippen molar-refractivity contribution in [1.82, 2.24) is 15.1 Å². The van der Waals surface area contributed by atoms with Gasteiger partial charge in [0, 0.05) is 29.5 Å². The topological polar surface area (TPSA) is 29.9 Å². The van der Waals surface area contributed by atoms with Gasteiger partial charge in [0.25, 0.3) is 0 Å². The van der Waals surface area contributed by atoms with E-state index < -0.39 is 0 Å². The molecule has 21 heavy (non-hydrogen) atoms. The molecule has 0 aliphatic heterocycles. The highest BCUT2D eigenvalue weighted by Gasteiger charge is 2.20. The van der Waals surface area contributed by atoms with E-state index in [1.807, 2.05) is 11.8 Å². The molecule has 0 aliphatic rings. The Morgan fingerprint density at radius 3 is 2.52 bits per heavy atom. The van der Waals surface area contributed by atoms with E-state index in [2.05, 4.69) is 72.6 Å². The lowest BCUT2D eigenvalue weighted by atomic mass is 10.1. The summed E-state index contributed by atoms with van der Waals surface area (Å²) in [6, 6.07) is 0.492. The molecule has 122 valence electrons. The Labute approximate surface area is 142 Å². The van der Waals surface area contributed by atoms with Crippen molar-refractivity contribution in [3.63, 3.8) is 0 Å². The second kappa shape index (κ2) is 8.59. The molecule has 1 N–H and O–H groups in total. The van der Waals surface area contributed by atoms with Crippen LogP contribution in [0.5, 0.6) is 0 Å². The zero-order valence-corrected chi connectivity index (χ0v) is 16.7. The lowest BCUT2D eigenvalue weighted by molar-refractivity contribution is 0.518. The van der Waals surface area contributed by atoms with Gasteiger partial charge in [-0.1, -0.05) is 27.7 Å². The molecule has 0 bridgehead atoms. The molecule has 1 aromatic heterocycles. The van der Waals surface area contributed by atoms with Crippen molar-refractivity contribution in [2.75, 3.05) is 12.3 Å². The number of halogens is 1. The summed E-state index contributed by atoms with van der Waals surface area (Å²) in [5.41, 5.74) is 2.41. The summed E-state index contributed by atoms with van der Waals surface area (Å²) < 4.78 is 3.61. The van der Waals surface area contributed by atoms with Crippen molar-refractivity contribution < 1.29 is 0 Å². The van der Waals surface area contributed by atoms with Crippen molar-refractivity contribution in [3.05, 3.63) is 15.9 Å². The van der Waals surface area contributed by atoms with Crippen LogP contribution in [0.4, 0.5) is 0 Å². The number of nitrogens with zero attached hydrogens (tertiary/aromatic N) is 2. The average Bonchev–Trinajstić information content (AvgIpc) is 2.68. The van der Waals surface area contributed by atoms with Crippen LogP contribution in [0, 0.1) is 6.92 Å². The van der Waals surface area contributed by atoms with Gasteiger partial charge in [0.15, 0.2) is 0 Å². The minimum absolute atomic E-state index is 0.310. The standard InChI is InChI=1S/C16H30BrN3S/c1-7-9-18-13(11-21-16(4,5)6)10-14-15(17)12(3)19-20(14)8-2/h13,18H,7-11H2,1-6H3. The Kier molecular flexibility index (Phi) is 7.79. The highest BCUT2D eigenvalue weighted by Crippen LogP contribution is 2.27. The molecule has 0 amide bonds. The summed E-state index contributed by atoms with van der Waals surface area (Å²) >= 11 is 5.74. The molecular weight excluding hydrogens is 346 g/mol. The SMILES string of the molecule is CCCNC(CSC(C)(C)C)Cc1c(Br)c(C)nn1CC. The van der Waals surface area contributed by atoms with Crippen LogP contribution in [0.15, 0.2) is 4.47 Å². The van der Waals surface area contributed by atoms with Gasteiger partial charge in [0.1, 0.15) is 0 Å². The Hall–Kier alpha value is 0. The largest absolute Gasteiger partial charge is 0.313 e. The fourth-order valence-electron chi connectivity index (χ4n) is 2.19. The zero-order chi connectivity index (χ0) is 16.0. The van der Waals surface area contributed by atoms with Gasteiger partial charge in [-0.25, -0.2) is 0 Å². The minimum Gasteiger partial charge on any atom is -0.313 e. The lowest BCUT2D eigenvalue weighted by Crippen LogP contribution is -2.36. The first-order chi connectivity index (χ1) is 9.78. The maximum Gasteiger partial charge on any atom is 0.0738 e. The molecule has 5 heteroatoms. The number of rotatable bonds is 8. The van der Waals surface area contributed by atoms with E-state index in [1.165, 1.54) is 16.6 Å². The molecule has 3 nitrogen and oxygen atoms in total. The van der Waals surface area contributed by atoms with Crippen molar-refractivity contribution in [2.45, 2.75) is 71.7 Å². The molecule has 0 fully saturated rings. The molecule has 1 aromatic rings. The van der Waals surface area contributed by atoms with Gasteiger partial charge in [-0.05, 0) is 42.7 Å². The second-order valence-electron chi connectivity index (χ2n) is 6.44. The van der Waals surface area contributed by atoms with Crippen LogP contribution in [0.3, 0.4) is 0 Å². The fourth-order valence-corrected chi connectivity index (χ4v) is 3.57. The van der Waals surface area contributed by atoms with E-state index in [0.29, 0.717) is 10.8 Å². The first-order valence-electron chi connectivity index (χ1n) is 7.87. The Bertz CT molecular complexity index is 437. The molecule has 1 heterocycles. The molecule has 1 rings (SSSR count). The third-order valence-electron chi connectivity index (χ3n) is 3.29. The van der Waals surface area contributed by atoms with Crippen LogP contribution in [-0.2, 0) is 13.0 Å². The van der Waals surface area contributed by atoms with E-state index in [0.717, 1.165) is 31.0 Å². The molecule has 0 aromatic carbocycles. The third-order valence-corrected chi connectivity index (χ3v) is 5.76. The van der Waals surface area contributed by atoms with Gasteiger partial charge in [-0.3, -0.25) is 4.68 Å². The van der Waals surface area contributed by atoms with Crippen molar-refractivity contribution >= 4 is 27.7 Å². The molecular formula is C16H30BrN3S. The minimum atomic E-state index is 0.310. The average molecular weight is 376 g/mol. The van der Waals surface area contributed by atoms with Gasteiger partial charge < -0.3 is 5.32 Å². The van der Waals surface area contributed by atoms with Gasteiger partial charge in [0.2, 0.25) is 0 Å². The van der Waals surface area contributed by atoms with E-state index in [9.17, 15) is 0 Å². The lowest BCUT2D eigenvalue weighted by Gasteiger charge is -2.24. The molecule has 0 spiro atoms. The summed E-state index contributed by atoms with van der Waals surface area (Å²) in [5, 5.41) is 8.30. The molecule has 0 saturated heterocycles. The normalized spacial score (nSPS) is 13.7. The second-order valence-corrected chi connectivity index (χ2v) is 9.08. The summed E-state index contributed by atoms with van der Waals surface area (Å²) in [7, 11) is 0. The van der Waals surface area contributed by atoms with Crippen LogP contribution < -0.4 is 5.32 Å². The highest BCUT2D eigenvalue weighted by atomic mass is 79.9. The predicted octanol–water partition coefficient (Wildman–Crippen LogP) is 4.42. The summed E-state index contributed by atoms with van der Waals surface area (Å²) in [6.07, 6.45) is 2.20. The number of hydrogen-bond acceptors (Lipinski definition) is 3. The fraction of sp³-hybridized carbons (Fsp3) is 0.812. The van der Waals surface area contributed by atoms with Crippen LogP contribution in [0.25, 0.3) is 0 Å². The van der Waals surface area contributed by atoms with E-state index in [4.69, 9.17) is 0 Å². The van der Waals surface area contributed by atoms with Crippen LogP contribution in [0.2, 0.25) is 0 Å². The van der Waals surface area contributed by atoms with Crippen molar-refractivity contribution in [3.8, 4) is 0 Å². The monoisotopic (exact) mass is 375 g/mol. The summed E-state index contributed by atoms with van der Waals surface area (Å²) in [5.74, 6) is 1.13. The highest BCUT2D eigenvalue weighted by molar-refractivity contribution is 9.10. The summed E-state index contributed by atoms with van der Waals surface area (Å²) in [6.45, 7) is 15.3. The van der Waals surface area contributed by atoms with Crippen LogP contribution in [0.1, 0.15) is 52.4 Å². The molecule has 1 unspecified atom stereocenters. The Morgan fingerprint density at radius 1 is 1.33 bits per heavy atom. The first-order valence-corrected chi connectivity index (χ1v) is 9.65. The van der Waals surface area contributed by atoms with Crippen LogP contribution in [-0.4, -0.2) is 32.9 Å².